The molecule has 0 aliphatic rings. The van der Waals surface area contributed by atoms with Crippen LogP contribution in [0, 0.1) is 12.7 Å². The van der Waals surface area contributed by atoms with Gasteiger partial charge < -0.3 is 4.74 Å². The lowest BCUT2D eigenvalue weighted by molar-refractivity contribution is 0.102. The fourth-order valence-corrected chi connectivity index (χ4v) is 1.47. The van der Waals surface area contributed by atoms with E-state index in [-0.39, 0.29) is 17.1 Å². The van der Waals surface area contributed by atoms with Crippen molar-refractivity contribution in [3.8, 4) is 5.75 Å². The summed E-state index contributed by atoms with van der Waals surface area (Å²) in [4.78, 5) is 19.8. The highest BCUT2D eigenvalue weighted by atomic mass is 19.1. The highest BCUT2D eigenvalue weighted by Crippen LogP contribution is 2.21. The van der Waals surface area contributed by atoms with Gasteiger partial charge in [-0.2, -0.15) is 0 Å². The zero-order valence-corrected chi connectivity index (χ0v) is 9.98. The lowest BCUT2D eigenvalue weighted by Crippen LogP contribution is -2.09. The van der Waals surface area contributed by atoms with Crippen molar-refractivity contribution in [2.75, 3.05) is 7.11 Å². The number of hydrogen-bond acceptors (Lipinski definition) is 4. The van der Waals surface area contributed by atoms with Crippen molar-refractivity contribution in [1.82, 2.24) is 9.97 Å². The summed E-state index contributed by atoms with van der Waals surface area (Å²) in [6, 6.07) is 4.37. The van der Waals surface area contributed by atoms with E-state index in [1.807, 2.05) is 0 Å². The van der Waals surface area contributed by atoms with Crippen LogP contribution in [0.2, 0.25) is 0 Å². The third-order valence-corrected chi connectivity index (χ3v) is 2.41. The van der Waals surface area contributed by atoms with Gasteiger partial charge in [0.05, 0.1) is 12.7 Å². The summed E-state index contributed by atoms with van der Waals surface area (Å²) in [5.74, 6) is -1.28. The first-order chi connectivity index (χ1) is 8.63. The molecule has 2 rings (SSSR count). The molecule has 4 nitrogen and oxygen atoms in total. The highest BCUT2D eigenvalue weighted by molar-refractivity contribution is 6.06. The molecule has 0 aliphatic carbocycles. The number of ether oxygens (including phenoxy) is 1. The van der Waals surface area contributed by atoms with E-state index < -0.39 is 11.6 Å². The molecule has 0 saturated carbocycles. The number of nitrogens with zero attached hydrogens (tertiary/aromatic N) is 2. The maximum atomic E-state index is 13.9. The number of rotatable bonds is 3. The second-order valence-corrected chi connectivity index (χ2v) is 3.73. The van der Waals surface area contributed by atoms with Crippen LogP contribution >= 0.6 is 0 Å². The number of benzene rings is 1. The Balaban J connectivity index is 2.43. The Hall–Kier alpha value is -2.30. The molecule has 0 aliphatic heterocycles. The van der Waals surface area contributed by atoms with E-state index in [9.17, 15) is 9.18 Å². The third kappa shape index (κ3) is 2.20. The fraction of sp³-hybridized carbons (Fsp3) is 0.154. The van der Waals surface area contributed by atoms with E-state index >= 15 is 0 Å². The van der Waals surface area contributed by atoms with Gasteiger partial charge in [-0.05, 0) is 24.6 Å². The standard InChI is InChI=1S/C13H11FN2O2/c1-8-6-15-13(16-7-8)12(17)9-4-3-5-10(18-2)11(9)14/h3-7H,1-2H3. The van der Waals surface area contributed by atoms with Crippen molar-refractivity contribution in [2.24, 2.45) is 0 Å². The molecule has 0 fully saturated rings. The molecule has 0 bridgehead atoms. The normalized spacial score (nSPS) is 10.2. The summed E-state index contributed by atoms with van der Waals surface area (Å²) in [5.41, 5.74) is 0.732. The van der Waals surface area contributed by atoms with Crippen LogP contribution in [0.5, 0.6) is 5.75 Å². The first kappa shape index (κ1) is 12.2. The number of ketones is 1. The molecule has 1 heterocycles. The van der Waals surface area contributed by atoms with Crippen molar-refractivity contribution >= 4 is 5.78 Å². The van der Waals surface area contributed by atoms with Crippen LogP contribution in [-0.2, 0) is 0 Å². The van der Waals surface area contributed by atoms with Crippen LogP contribution in [0.3, 0.4) is 0 Å². The number of carbonyl (C=O) groups is 1. The summed E-state index contributed by atoms with van der Waals surface area (Å²) in [5, 5.41) is 0. The number of halogens is 1. The average molecular weight is 246 g/mol. The predicted octanol–water partition coefficient (Wildman–Crippen LogP) is 2.16. The molecular formula is C13H11FN2O2. The molecule has 18 heavy (non-hydrogen) atoms. The van der Waals surface area contributed by atoms with Gasteiger partial charge in [0, 0.05) is 12.4 Å². The predicted molar refractivity (Wildman–Crippen MR) is 63.2 cm³/mol. The van der Waals surface area contributed by atoms with E-state index in [0.29, 0.717) is 0 Å². The highest BCUT2D eigenvalue weighted by Gasteiger charge is 2.19. The molecule has 0 atom stereocenters. The lowest BCUT2D eigenvalue weighted by atomic mass is 10.1. The van der Waals surface area contributed by atoms with E-state index in [1.165, 1.54) is 31.6 Å². The van der Waals surface area contributed by atoms with Gasteiger partial charge in [0.1, 0.15) is 0 Å². The number of aryl methyl sites for hydroxylation is 1. The molecule has 92 valence electrons. The number of hydrogen-bond donors (Lipinski definition) is 0. The van der Waals surface area contributed by atoms with E-state index in [1.54, 1.807) is 13.0 Å². The maximum Gasteiger partial charge on any atom is 0.233 e. The topological polar surface area (TPSA) is 52.1 Å². The van der Waals surface area contributed by atoms with Crippen molar-refractivity contribution in [2.45, 2.75) is 6.92 Å². The summed E-state index contributed by atoms with van der Waals surface area (Å²) in [7, 11) is 1.34. The van der Waals surface area contributed by atoms with E-state index in [2.05, 4.69) is 9.97 Å². The van der Waals surface area contributed by atoms with E-state index in [0.717, 1.165) is 5.56 Å². The number of aromatic nitrogens is 2. The van der Waals surface area contributed by atoms with Crippen LogP contribution in [0.25, 0.3) is 0 Å². The van der Waals surface area contributed by atoms with Gasteiger partial charge in [-0.15, -0.1) is 0 Å². The molecule has 0 unspecified atom stereocenters. The molecule has 0 radical (unpaired) electrons. The molecule has 1 aromatic heterocycles. The Morgan fingerprint density at radius 1 is 1.28 bits per heavy atom. The Morgan fingerprint density at radius 3 is 2.56 bits per heavy atom. The molecule has 0 saturated heterocycles. The van der Waals surface area contributed by atoms with Gasteiger partial charge in [0.25, 0.3) is 0 Å². The lowest BCUT2D eigenvalue weighted by Gasteiger charge is -2.05. The first-order valence-electron chi connectivity index (χ1n) is 5.29. The zero-order chi connectivity index (χ0) is 13.1. The maximum absolute atomic E-state index is 13.9. The van der Waals surface area contributed by atoms with Crippen molar-refractivity contribution < 1.29 is 13.9 Å². The minimum atomic E-state index is -0.700. The molecule has 0 spiro atoms. The van der Waals surface area contributed by atoms with E-state index in [4.69, 9.17) is 4.74 Å². The van der Waals surface area contributed by atoms with Crippen molar-refractivity contribution in [3.63, 3.8) is 0 Å². The second-order valence-electron chi connectivity index (χ2n) is 3.73. The second kappa shape index (κ2) is 4.91. The quantitative estimate of drug-likeness (QED) is 0.779. The monoisotopic (exact) mass is 246 g/mol. The largest absolute Gasteiger partial charge is 0.494 e. The SMILES string of the molecule is COc1cccc(C(=O)c2ncc(C)cn2)c1F. The van der Waals surface area contributed by atoms with Crippen LogP contribution < -0.4 is 4.74 Å². The van der Waals surface area contributed by atoms with Crippen LogP contribution in [0.15, 0.2) is 30.6 Å². The van der Waals surface area contributed by atoms with Gasteiger partial charge in [-0.3, -0.25) is 4.79 Å². The van der Waals surface area contributed by atoms with Gasteiger partial charge in [0.2, 0.25) is 11.6 Å². The molecule has 0 amide bonds. The minimum Gasteiger partial charge on any atom is -0.494 e. The zero-order valence-electron chi connectivity index (χ0n) is 9.98. The summed E-state index contributed by atoms with van der Waals surface area (Å²) < 4.78 is 18.7. The fourth-order valence-electron chi connectivity index (χ4n) is 1.47. The molecule has 0 N–H and O–H groups in total. The van der Waals surface area contributed by atoms with Gasteiger partial charge >= 0.3 is 0 Å². The summed E-state index contributed by atoms with van der Waals surface area (Å²) in [6.07, 6.45) is 3.02. The van der Waals surface area contributed by atoms with Crippen molar-refractivity contribution in [3.05, 3.63) is 53.4 Å². The minimum absolute atomic E-state index is 0.0213. The van der Waals surface area contributed by atoms with Crippen LogP contribution in [0.1, 0.15) is 21.7 Å². The summed E-state index contributed by atoms with van der Waals surface area (Å²) in [6.45, 7) is 1.81. The molecule has 2 aromatic rings. The number of carbonyl (C=O) groups excluding carboxylic acids is 1. The average Bonchev–Trinajstić information content (AvgIpc) is 2.39. The molecular weight excluding hydrogens is 235 g/mol. The Kier molecular flexibility index (Phi) is 3.32. The van der Waals surface area contributed by atoms with Crippen LogP contribution in [-0.4, -0.2) is 22.9 Å². The number of methoxy groups -OCH3 is 1. The molecule has 1 aromatic carbocycles. The molecule has 5 heteroatoms. The summed E-state index contributed by atoms with van der Waals surface area (Å²) >= 11 is 0. The van der Waals surface area contributed by atoms with Crippen LogP contribution in [0.4, 0.5) is 4.39 Å². The van der Waals surface area contributed by atoms with Gasteiger partial charge in [-0.25, -0.2) is 14.4 Å². The Morgan fingerprint density at radius 2 is 1.94 bits per heavy atom. The third-order valence-electron chi connectivity index (χ3n) is 2.41. The smallest absolute Gasteiger partial charge is 0.233 e. The van der Waals surface area contributed by atoms with Gasteiger partial charge in [0.15, 0.2) is 11.6 Å². The Labute approximate surface area is 103 Å². The first-order valence-corrected chi connectivity index (χ1v) is 5.29. The van der Waals surface area contributed by atoms with Crippen molar-refractivity contribution in [1.29, 1.82) is 0 Å². The Bertz CT molecular complexity index is 582. The van der Waals surface area contributed by atoms with Gasteiger partial charge in [-0.1, -0.05) is 6.07 Å².